The second-order valence-electron chi connectivity index (χ2n) is 6.58. The van der Waals surface area contributed by atoms with Gasteiger partial charge >= 0.3 is 0 Å². The van der Waals surface area contributed by atoms with E-state index in [2.05, 4.69) is 28.3 Å². The van der Waals surface area contributed by atoms with E-state index in [-0.39, 0.29) is 11.9 Å². The van der Waals surface area contributed by atoms with Gasteiger partial charge in [-0.1, -0.05) is 19.1 Å². The molecule has 0 N–H and O–H groups in total. The Morgan fingerprint density at radius 1 is 1.15 bits per heavy atom. The van der Waals surface area contributed by atoms with Gasteiger partial charge in [-0.25, -0.2) is 14.4 Å². The lowest BCUT2D eigenvalue weighted by Crippen LogP contribution is -2.37. The molecule has 0 atom stereocenters. The summed E-state index contributed by atoms with van der Waals surface area (Å²) in [6, 6.07) is 8.64. The topological polar surface area (TPSA) is 38.2 Å². The monoisotopic (exact) mass is 371 g/mol. The molecule has 1 aliphatic rings. The van der Waals surface area contributed by atoms with Crippen molar-refractivity contribution in [1.29, 1.82) is 0 Å². The summed E-state index contributed by atoms with van der Waals surface area (Å²) >= 11 is 1.67. The lowest BCUT2D eigenvalue weighted by atomic mass is 10.1. The van der Waals surface area contributed by atoms with Crippen LogP contribution in [0.2, 0.25) is 0 Å². The number of halogens is 1. The van der Waals surface area contributed by atoms with Crippen LogP contribution >= 0.6 is 11.3 Å². The number of thiophene rings is 1. The fourth-order valence-corrected chi connectivity index (χ4v) is 4.09. The Morgan fingerprint density at radius 3 is 2.65 bits per heavy atom. The van der Waals surface area contributed by atoms with Crippen LogP contribution in [0.25, 0.3) is 10.2 Å². The molecular formula is C20H22FN3OS. The zero-order chi connectivity index (χ0) is 17.9. The number of aromatic nitrogens is 2. The third-order valence-electron chi connectivity index (χ3n) is 4.81. The van der Waals surface area contributed by atoms with Crippen LogP contribution in [0.3, 0.4) is 0 Å². The highest BCUT2D eigenvalue weighted by Gasteiger charge is 2.23. The van der Waals surface area contributed by atoms with Crippen LogP contribution in [0.15, 0.2) is 35.7 Å². The van der Waals surface area contributed by atoms with Gasteiger partial charge in [-0.3, -0.25) is 0 Å². The van der Waals surface area contributed by atoms with E-state index in [1.165, 1.54) is 12.1 Å². The summed E-state index contributed by atoms with van der Waals surface area (Å²) in [5.41, 5.74) is 1.01. The molecule has 0 unspecified atom stereocenters. The Kier molecular flexibility index (Phi) is 5.13. The fourth-order valence-electron chi connectivity index (χ4n) is 3.31. The van der Waals surface area contributed by atoms with Gasteiger partial charge in [-0.05, 0) is 42.0 Å². The normalized spacial score (nSPS) is 15.7. The average molecular weight is 371 g/mol. The number of anilines is 1. The number of hydrogen-bond acceptors (Lipinski definition) is 5. The lowest BCUT2D eigenvalue weighted by Gasteiger charge is -2.33. The van der Waals surface area contributed by atoms with E-state index in [1.807, 2.05) is 0 Å². The molecule has 26 heavy (non-hydrogen) atoms. The SMILES string of the molecule is CCc1nc(N2CCC(OCc3ccc(F)cc3)CC2)c2ccsc2n1. The molecule has 0 spiro atoms. The van der Waals surface area contributed by atoms with Crippen molar-refractivity contribution in [3.63, 3.8) is 0 Å². The Balaban J connectivity index is 1.39. The molecule has 1 fully saturated rings. The molecule has 136 valence electrons. The molecule has 1 aromatic carbocycles. The van der Waals surface area contributed by atoms with E-state index in [9.17, 15) is 4.39 Å². The minimum absolute atomic E-state index is 0.210. The summed E-state index contributed by atoms with van der Waals surface area (Å²) in [7, 11) is 0. The number of piperidine rings is 1. The van der Waals surface area contributed by atoms with Crippen molar-refractivity contribution < 1.29 is 9.13 Å². The quantitative estimate of drug-likeness (QED) is 0.658. The van der Waals surface area contributed by atoms with Crippen molar-refractivity contribution in [3.8, 4) is 0 Å². The zero-order valence-corrected chi connectivity index (χ0v) is 15.6. The number of ether oxygens (including phenoxy) is 1. The molecule has 3 aromatic rings. The van der Waals surface area contributed by atoms with Gasteiger partial charge in [0.2, 0.25) is 0 Å². The molecular weight excluding hydrogens is 349 g/mol. The highest BCUT2D eigenvalue weighted by Crippen LogP contribution is 2.30. The number of nitrogens with zero attached hydrogens (tertiary/aromatic N) is 3. The maximum atomic E-state index is 13.0. The van der Waals surface area contributed by atoms with Crippen LogP contribution in [0.4, 0.5) is 10.2 Å². The van der Waals surface area contributed by atoms with E-state index < -0.39 is 0 Å². The van der Waals surface area contributed by atoms with Gasteiger partial charge in [0.25, 0.3) is 0 Å². The molecule has 0 saturated carbocycles. The number of aryl methyl sites for hydroxylation is 1. The van der Waals surface area contributed by atoms with Crippen molar-refractivity contribution in [2.45, 2.75) is 38.9 Å². The fraction of sp³-hybridized carbons (Fsp3) is 0.400. The van der Waals surface area contributed by atoms with Gasteiger partial charge in [0, 0.05) is 19.5 Å². The van der Waals surface area contributed by atoms with Crippen molar-refractivity contribution in [2.24, 2.45) is 0 Å². The van der Waals surface area contributed by atoms with Crippen LogP contribution < -0.4 is 4.90 Å². The van der Waals surface area contributed by atoms with E-state index in [1.54, 1.807) is 23.5 Å². The predicted molar refractivity (Wildman–Crippen MR) is 103 cm³/mol. The van der Waals surface area contributed by atoms with Crippen molar-refractivity contribution in [1.82, 2.24) is 9.97 Å². The van der Waals surface area contributed by atoms with Crippen LogP contribution in [0, 0.1) is 5.82 Å². The number of hydrogen-bond donors (Lipinski definition) is 0. The summed E-state index contributed by atoms with van der Waals surface area (Å²) in [5, 5.41) is 3.23. The average Bonchev–Trinajstić information content (AvgIpc) is 3.16. The summed E-state index contributed by atoms with van der Waals surface area (Å²) in [5.74, 6) is 1.76. The molecule has 0 amide bonds. The highest BCUT2D eigenvalue weighted by molar-refractivity contribution is 7.16. The molecule has 1 aliphatic heterocycles. The summed E-state index contributed by atoms with van der Waals surface area (Å²) in [4.78, 5) is 12.8. The number of fused-ring (bicyclic) bond motifs is 1. The first-order valence-corrected chi connectivity index (χ1v) is 9.96. The third-order valence-corrected chi connectivity index (χ3v) is 5.61. The van der Waals surface area contributed by atoms with Gasteiger partial charge in [0.15, 0.2) is 0 Å². The number of benzene rings is 1. The van der Waals surface area contributed by atoms with Gasteiger partial charge in [-0.2, -0.15) is 0 Å². The largest absolute Gasteiger partial charge is 0.373 e. The first kappa shape index (κ1) is 17.4. The second kappa shape index (κ2) is 7.68. The molecule has 3 heterocycles. The molecule has 0 bridgehead atoms. The lowest BCUT2D eigenvalue weighted by molar-refractivity contribution is 0.0250. The molecule has 1 saturated heterocycles. The molecule has 0 radical (unpaired) electrons. The van der Waals surface area contributed by atoms with Crippen molar-refractivity contribution >= 4 is 27.4 Å². The van der Waals surface area contributed by atoms with Crippen molar-refractivity contribution in [2.75, 3.05) is 18.0 Å². The van der Waals surface area contributed by atoms with E-state index >= 15 is 0 Å². The van der Waals surface area contributed by atoms with Gasteiger partial charge in [0.1, 0.15) is 22.3 Å². The Labute approximate surface area is 156 Å². The Hall–Kier alpha value is -2.05. The minimum atomic E-state index is -0.210. The molecule has 6 heteroatoms. The van der Waals surface area contributed by atoms with Crippen LogP contribution in [0.1, 0.15) is 31.2 Å². The third kappa shape index (κ3) is 3.71. The summed E-state index contributed by atoms with van der Waals surface area (Å²) < 4.78 is 19.0. The first-order chi connectivity index (χ1) is 12.7. The maximum Gasteiger partial charge on any atom is 0.141 e. The molecule has 2 aromatic heterocycles. The number of rotatable bonds is 5. The summed E-state index contributed by atoms with van der Waals surface area (Å²) in [6.07, 6.45) is 3.02. The van der Waals surface area contributed by atoms with E-state index in [4.69, 9.17) is 9.72 Å². The minimum Gasteiger partial charge on any atom is -0.373 e. The Morgan fingerprint density at radius 2 is 1.92 bits per heavy atom. The van der Waals surface area contributed by atoms with Gasteiger partial charge in [0.05, 0.1) is 18.1 Å². The van der Waals surface area contributed by atoms with Gasteiger partial charge in [-0.15, -0.1) is 11.3 Å². The summed E-state index contributed by atoms with van der Waals surface area (Å²) in [6.45, 7) is 4.49. The van der Waals surface area contributed by atoms with Crippen LogP contribution in [-0.2, 0) is 17.8 Å². The standard InChI is InChI=1S/C20H22FN3OS/c1-2-18-22-19(17-9-12-26-20(17)23-18)24-10-7-16(8-11-24)25-13-14-3-5-15(21)6-4-14/h3-6,9,12,16H,2,7-8,10-11,13H2,1H3. The highest BCUT2D eigenvalue weighted by atomic mass is 32.1. The second-order valence-corrected chi connectivity index (χ2v) is 7.47. The van der Waals surface area contributed by atoms with E-state index in [0.717, 1.165) is 59.8 Å². The van der Waals surface area contributed by atoms with Crippen LogP contribution in [-0.4, -0.2) is 29.2 Å². The predicted octanol–water partition coefficient (Wildman–Crippen LogP) is 4.58. The van der Waals surface area contributed by atoms with Gasteiger partial charge < -0.3 is 9.64 Å². The molecule has 4 nitrogen and oxygen atoms in total. The van der Waals surface area contributed by atoms with Crippen molar-refractivity contribution in [3.05, 3.63) is 52.9 Å². The molecule has 4 rings (SSSR count). The smallest absolute Gasteiger partial charge is 0.141 e. The Bertz CT molecular complexity index is 872. The van der Waals surface area contributed by atoms with E-state index in [0.29, 0.717) is 6.61 Å². The maximum absolute atomic E-state index is 13.0. The van der Waals surface area contributed by atoms with Crippen LogP contribution in [0.5, 0.6) is 0 Å². The molecule has 0 aliphatic carbocycles. The zero-order valence-electron chi connectivity index (χ0n) is 14.8. The first-order valence-electron chi connectivity index (χ1n) is 9.08.